The summed E-state index contributed by atoms with van der Waals surface area (Å²) < 4.78 is 0. The summed E-state index contributed by atoms with van der Waals surface area (Å²) in [7, 11) is 1.50. The standard InChI is InChI=1S/C13H14N2O3/c1-3-9-15(2)13(18)14-11(12(16)17)10-7-5-4-6-8-10/h1,4-8,11H,9H2,2H3,(H,14,18)(H,16,17)/t11-/m0/s1. The van der Waals surface area contributed by atoms with Crippen molar-refractivity contribution in [1.29, 1.82) is 0 Å². The van der Waals surface area contributed by atoms with Crippen LogP contribution in [0.4, 0.5) is 4.79 Å². The van der Waals surface area contributed by atoms with Crippen molar-refractivity contribution in [3.8, 4) is 12.3 Å². The Morgan fingerprint density at radius 2 is 2.06 bits per heavy atom. The maximum atomic E-state index is 11.7. The molecular weight excluding hydrogens is 232 g/mol. The molecule has 0 aliphatic heterocycles. The van der Waals surface area contributed by atoms with Gasteiger partial charge >= 0.3 is 12.0 Å². The van der Waals surface area contributed by atoms with E-state index in [-0.39, 0.29) is 6.54 Å². The van der Waals surface area contributed by atoms with E-state index in [9.17, 15) is 9.59 Å². The van der Waals surface area contributed by atoms with Crippen LogP contribution in [0.15, 0.2) is 30.3 Å². The molecular formula is C13H14N2O3. The monoisotopic (exact) mass is 246 g/mol. The molecule has 2 N–H and O–H groups in total. The van der Waals surface area contributed by atoms with Gasteiger partial charge in [-0.2, -0.15) is 0 Å². The molecule has 0 aliphatic rings. The number of carboxylic acid groups (broad SMARTS) is 1. The first-order chi connectivity index (χ1) is 8.56. The van der Waals surface area contributed by atoms with E-state index in [1.165, 1.54) is 11.9 Å². The van der Waals surface area contributed by atoms with Crippen LogP contribution in [0.3, 0.4) is 0 Å². The summed E-state index contributed by atoms with van der Waals surface area (Å²) in [6.07, 6.45) is 5.08. The van der Waals surface area contributed by atoms with Gasteiger partial charge in [-0.05, 0) is 5.56 Å². The number of benzene rings is 1. The van der Waals surface area contributed by atoms with E-state index in [0.29, 0.717) is 5.56 Å². The van der Waals surface area contributed by atoms with Crippen molar-refractivity contribution in [2.24, 2.45) is 0 Å². The van der Waals surface area contributed by atoms with E-state index in [1.807, 2.05) is 0 Å². The lowest BCUT2D eigenvalue weighted by atomic mass is 10.1. The molecule has 1 aromatic carbocycles. The molecule has 1 aromatic rings. The first-order valence-electron chi connectivity index (χ1n) is 5.29. The summed E-state index contributed by atoms with van der Waals surface area (Å²) in [5, 5.41) is 11.5. The van der Waals surface area contributed by atoms with Crippen LogP contribution in [0.1, 0.15) is 11.6 Å². The molecule has 5 heteroatoms. The fourth-order valence-electron chi connectivity index (χ4n) is 1.38. The number of carboxylic acids is 1. The Kier molecular flexibility index (Phi) is 4.76. The normalized spacial score (nSPS) is 11.1. The summed E-state index contributed by atoms with van der Waals surface area (Å²) in [6, 6.07) is 6.86. The average molecular weight is 246 g/mol. The molecule has 0 aromatic heterocycles. The smallest absolute Gasteiger partial charge is 0.330 e. The molecule has 94 valence electrons. The number of amides is 2. The van der Waals surface area contributed by atoms with E-state index in [0.717, 1.165) is 0 Å². The summed E-state index contributed by atoms with van der Waals surface area (Å²) >= 11 is 0. The number of urea groups is 1. The van der Waals surface area contributed by atoms with Crippen molar-refractivity contribution in [2.45, 2.75) is 6.04 Å². The fraction of sp³-hybridized carbons (Fsp3) is 0.231. The maximum Gasteiger partial charge on any atom is 0.330 e. The van der Waals surface area contributed by atoms with E-state index in [2.05, 4.69) is 11.2 Å². The number of rotatable bonds is 4. The van der Waals surface area contributed by atoms with Gasteiger partial charge in [0.05, 0.1) is 6.54 Å². The largest absolute Gasteiger partial charge is 0.479 e. The minimum absolute atomic E-state index is 0.118. The van der Waals surface area contributed by atoms with Crippen LogP contribution in [0, 0.1) is 12.3 Å². The molecule has 0 heterocycles. The van der Waals surface area contributed by atoms with Crippen LogP contribution in [-0.2, 0) is 4.79 Å². The van der Waals surface area contributed by atoms with Gasteiger partial charge in [-0.15, -0.1) is 6.42 Å². The number of nitrogens with one attached hydrogen (secondary N) is 1. The van der Waals surface area contributed by atoms with E-state index in [1.54, 1.807) is 30.3 Å². The first-order valence-corrected chi connectivity index (χ1v) is 5.29. The highest BCUT2D eigenvalue weighted by Gasteiger charge is 2.22. The third-order valence-electron chi connectivity index (χ3n) is 2.32. The number of hydrogen-bond donors (Lipinski definition) is 2. The van der Waals surface area contributed by atoms with Gasteiger partial charge in [-0.3, -0.25) is 0 Å². The van der Waals surface area contributed by atoms with Crippen LogP contribution >= 0.6 is 0 Å². The highest BCUT2D eigenvalue weighted by molar-refractivity contribution is 5.83. The van der Waals surface area contributed by atoms with Crippen molar-refractivity contribution in [3.05, 3.63) is 35.9 Å². The van der Waals surface area contributed by atoms with Crippen LogP contribution in [-0.4, -0.2) is 35.6 Å². The SMILES string of the molecule is C#CCN(C)C(=O)N[C@H](C(=O)O)c1ccccc1. The van der Waals surface area contributed by atoms with Gasteiger partial charge in [0.2, 0.25) is 0 Å². The Morgan fingerprint density at radius 3 is 2.56 bits per heavy atom. The van der Waals surface area contributed by atoms with Gasteiger partial charge in [0.15, 0.2) is 6.04 Å². The van der Waals surface area contributed by atoms with E-state index >= 15 is 0 Å². The van der Waals surface area contributed by atoms with Gasteiger partial charge in [-0.25, -0.2) is 9.59 Å². The third-order valence-corrected chi connectivity index (χ3v) is 2.32. The lowest BCUT2D eigenvalue weighted by Crippen LogP contribution is -2.42. The predicted octanol–water partition coefficient (Wildman–Crippen LogP) is 1.09. The van der Waals surface area contributed by atoms with Crippen molar-refractivity contribution >= 4 is 12.0 Å². The maximum absolute atomic E-state index is 11.7. The zero-order chi connectivity index (χ0) is 13.5. The van der Waals surface area contributed by atoms with Crippen molar-refractivity contribution in [2.75, 3.05) is 13.6 Å². The quantitative estimate of drug-likeness (QED) is 0.781. The molecule has 0 saturated carbocycles. The van der Waals surface area contributed by atoms with Crippen molar-refractivity contribution < 1.29 is 14.7 Å². The molecule has 0 radical (unpaired) electrons. The van der Waals surface area contributed by atoms with Gasteiger partial charge in [0.1, 0.15) is 0 Å². The number of terminal acetylenes is 1. The van der Waals surface area contributed by atoms with Crippen molar-refractivity contribution in [1.82, 2.24) is 10.2 Å². The number of carbonyl (C=O) groups is 2. The van der Waals surface area contributed by atoms with Crippen molar-refractivity contribution in [3.63, 3.8) is 0 Å². The third kappa shape index (κ3) is 3.52. The Bertz CT molecular complexity index is 465. The van der Waals surface area contributed by atoms with Gasteiger partial charge in [0.25, 0.3) is 0 Å². The molecule has 0 bridgehead atoms. The van der Waals surface area contributed by atoms with Crippen LogP contribution in [0.2, 0.25) is 0 Å². The zero-order valence-corrected chi connectivity index (χ0v) is 9.96. The Balaban J connectivity index is 2.80. The summed E-state index contributed by atoms with van der Waals surface area (Å²) in [4.78, 5) is 24.1. The minimum Gasteiger partial charge on any atom is -0.479 e. The fourth-order valence-corrected chi connectivity index (χ4v) is 1.38. The molecule has 1 atom stereocenters. The van der Waals surface area contributed by atoms with E-state index in [4.69, 9.17) is 11.5 Å². The Labute approximate surface area is 105 Å². The second-order valence-electron chi connectivity index (χ2n) is 3.69. The number of hydrogen-bond acceptors (Lipinski definition) is 2. The predicted molar refractivity (Wildman–Crippen MR) is 66.8 cm³/mol. The van der Waals surface area contributed by atoms with Gasteiger partial charge in [-0.1, -0.05) is 36.3 Å². The van der Waals surface area contributed by atoms with Gasteiger partial charge < -0.3 is 15.3 Å². The highest BCUT2D eigenvalue weighted by Crippen LogP contribution is 2.12. The lowest BCUT2D eigenvalue weighted by Gasteiger charge is -2.19. The Morgan fingerprint density at radius 1 is 1.44 bits per heavy atom. The topological polar surface area (TPSA) is 69.6 Å². The molecule has 5 nitrogen and oxygen atoms in total. The van der Waals surface area contributed by atoms with Gasteiger partial charge in [0, 0.05) is 7.05 Å². The zero-order valence-electron chi connectivity index (χ0n) is 9.96. The lowest BCUT2D eigenvalue weighted by molar-refractivity contribution is -0.139. The molecule has 1 rings (SSSR count). The van der Waals surface area contributed by atoms with Crippen LogP contribution in [0.5, 0.6) is 0 Å². The van der Waals surface area contributed by atoms with Crippen LogP contribution in [0.25, 0.3) is 0 Å². The second-order valence-corrected chi connectivity index (χ2v) is 3.69. The summed E-state index contributed by atoms with van der Waals surface area (Å²) in [5.41, 5.74) is 0.507. The number of carbonyl (C=O) groups excluding carboxylic acids is 1. The summed E-state index contributed by atoms with van der Waals surface area (Å²) in [5.74, 6) is 1.19. The highest BCUT2D eigenvalue weighted by atomic mass is 16.4. The molecule has 0 saturated heterocycles. The average Bonchev–Trinajstić information content (AvgIpc) is 2.36. The Hall–Kier alpha value is -2.48. The number of aliphatic carboxylic acids is 1. The number of nitrogens with zero attached hydrogens (tertiary/aromatic N) is 1. The molecule has 0 fully saturated rings. The molecule has 0 unspecified atom stereocenters. The molecule has 18 heavy (non-hydrogen) atoms. The summed E-state index contributed by atoms with van der Waals surface area (Å²) in [6.45, 7) is 0.118. The molecule has 0 aliphatic carbocycles. The molecule has 2 amide bonds. The first kappa shape index (κ1) is 13.6. The molecule has 0 spiro atoms. The van der Waals surface area contributed by atoms with Crippen LogP contribution < -0.4 is 5.32 Å². The van der Waals surface area contributed by atoms with E-state index < -0.39 is 18.0 Å². The minimum atomic E-state index is -1.12. The second kappa shape index (κ2) is 6.30.